The van der Waals surface area contributed by atoms with Crippen LogP contribution in [0.15, 0.2) is 53.1 Å². The summed E-state index contributed by atoms with van der Waals surface area (Å²) in [6.45, 7) is 0. The Balaban J connectivity index is 1.97. The summed E-state index contributed by atoms with van der Waals surface area (Å²) in [4.78, 5) is 22.9. The lowest BCUT2D eigenvalue weighted by molar-refractivity contribution is -0.119. The molecular weight excluding hydrogens is 272 g/mol. The third-order valence-electron chi connectivity index (χ3n) is 3.11. The first-order chi connectivity index (χ1) is 9.65. The molecule has 1 amide bonds. The monoisotopic (exact) mass is 284 g/mol. The second kappa shape index (κ2) is 5.02. The van der Waals surface area contributed by atoms with Gasteiger partial charge in [-0.2, -0.15) is 0 Å². The Morgan fingerprint density at radius 2 is 1.90 bits per heavy atom. The molecule has 0 unspecified atom stereocenters. The predicted octanol–water partition coefficient (Wildman–Crippen LogP) is 2.26. The number of amides is 1. The van der Waals surface area contributed by atoms with Crippen LogP contribution in [0.25, 0.3) is 10.8 Å². The van der Waals surface area contributed by atoms with Crippen molar-refractivity contribution in [1.82, 2.24) is 0 Å². The number of primary amides is 1. The Morgan fingerprint density at radius 3 is 2.65 bits per heavy atom. The minimum Gasteiger partial charge on any atom is -0.365 e. The van der Waals surface area contributed by atoms with Crippen LogP contribution in [0.3, 0.4) is 0 Å². The molecular formula is C15H12N2O2S. The number of thioether (sulfide) groups is 1. The average Bonchev–Trinajstić information content (AvgIpc) is 2.79. The van der Waals surface area contributed by atoms with Crippen LogP contribution >= 0.6 is 11.8 Å². The van der Waals surface area contributed by atoms with Crippen molar-refractivity contribution in [2.24, 2.45) is 5.73 Å². The van der Waals surface area contributed by atoms with Gasteiger partial charge < -0.3 is 11.1 Å². The van der Waals surface area contributed by atoms with E-state index in [0.717, 1.165) is 16.5 Å². The van der Waals surface area contributed by atoms with Crippen LogP contribution in [0.1, 0.15) is 0 Å². The van der Waals surface area contributed by atoms with Crippen molar-refractivity contribution in [3.63, 3.8) is 0 Å². The molecule has 0 spiro atoms. The molecule has 0 aromatic heterocycles. The molecule has 0 saturated carbocycles. The highest BCUT2D eigenvalue weighted by Gasteiger charge is 2.28. The SMILES string of the molecule is NC(=O)C1=C(Nc2ccc3ccccc3c2)SCC1=O. The van der Waals surface area contributed by atoms with Crippen molar-refractivity contribution >= 4 is 39.9 Å². The van der Waals surface area contributed by atoms with Crippen molar-refractivity contribution in [2.45, 2.75) is 0 Å². The van der Waals surface area contributed by atoms with Gasteiger partial charge in [-0.05, 0) is 22.9 Å². The van der Waals surface area contributed by atoms with Crippen molar-refractivity contribution < 1.29 is 9.59 Å². The molecule has 0 fully saturated rings. The normalized spacial score (nSPS) is 14.9. The summed E-state index contributed by atoms with van der Waals surface area (Å²) in [6.07, 6.45) is 0. The van der Waals surface area contributed by atoms with E-state index in [-0.39, 0.29) is 17.1 Å². The molecule has 20 heavy (non-hydrogen) atoms. The minimum absolute atomic E-state index is 0.0724. The minimum atomic E-state index is -0.678. The molecule has 100 valence electrons. The van der Waals surface area contributed by atoms with Gasteiger partial charge in [0, 0.05) is 5.69 Å². The summed E-state index contributed by atoms with van der Waals surface area (Å²) < 4.78 is 0. The number of nitrogens with one attached hydrogen (secondary N) is 1. The number of anilines is 1. The maximum Gasteiger partial charge on any atom is 0.255 e. The van der Waals surface area contributed by atoms with Crippen molar-refractivity contribution in [3.05, 3.63) is 53.1 Å². The number of hydrogen-bond acceptors (Lipinski definition) is 4. The van der Waals surface area contributed by atoms with E-state index in [2.05, 4.69) is 5.32 Å². The van der Waals surface area contributed by atoms with Crippen LogP contribution in [0.5, 0.6) is 0 Å². The Hall–Kier alpha value is -2.27. The zero-order valence-electron chi connectivity index (χ0n) is 10.6. The van der Waals surface area contributed by atoms with E-state index in [1.54, 1.807) is 0 Å². The third kappa shape index (κ3) is 2.28. The number of nitrogens with two attached hydrogens (primary N) is 1. The zero-order valence-corrected chi connectivity index (χ0v) is 11.4. The van der Waals surface area contributed by atoms with Crippen molar-refractivity contribution in [3.8, 4) is 0 Å². The molecule has 0 atom stereocenters. The summed E-state index contributed by atoms with van der Waals surface area (Å²) in [5, 5.41) is 5.88. The Bertz CT molecular complexity index is 752. The van der Waals surface area contributed by atoms with Gasteiger partial charge in [-0.3, -0.25) is 9.59 Å². The number of fused-ring (bicyclic) bond motifs is 1. The average molecular weight is 284 g/mol. The van der Waals surface area contributed by atoms with Gasteiger partial charge in [0.05, 0.1) is 10.8 Å². The predicted molar refractivity (Wildman–Crippen MR) is 81.3 cm³/mol. The van der Waals surface area contributed by atoms with Crippen LogP contribution in [-0.2, 0) is 9.59 Å². The number of ketones is 1. The van der Waals surface area contributed by atoms with Gasteiger partial charge in [0.15, 0.2) is 5.78 Å². The van der Waals surface area contributed by atoms with E-state index in [1.807, 2.05) is 42.5 Å². The third-order valence-corrected chi connectivity index (χ3v) is 4.11. The van der Waals surface area contributed by atoms with Crippen molar-refractivity contribution in [2.75, 3.05) is 11.1 Å². The van der Waals surface area contributed by atoms with Crippen LogP contribution in [0, 0.1) is 0 Å². The highest BCUT2D eigenvalue weighted by atomic mass is 32.2. The number of carbonyl (C=O) groups is 2. The molecule has 0 aliphatic carbocycles. The first-order valence-corrected chi connectivity index (χ1v) is 7.09. The number of hydrogen-bond donors (Lipinski definition) is 2. The summed E-state index contributed by atoms with van der Waals surface area (Å²) in [5.74, 6) is -0.636. The molecule has 2 aromatic rings. The van der Waals surface area contributed by atoms with Crippen LogP contribution in [0.4, 0.5) is 5.69 Å². The fourth-order valence-corrected chi connectivity index (χ4v) is 3.12. The van der Waals surface area contributed by atoms with Gasteiger partial charge in [-0.15, -0.1) is 0 Å². The van der Waals surface area contributed by atoms with Gasteiger partial charge >= 0.3 is 0 Å². The first kappa shape index (κ1) is 12.7. The standard InChI is InChI=1S/C15H12N2O2S/c16-14(19)13-12(18)8-20-15(13)17-11-6-5-9-3-1-2-4-10(9)7-11/h1-7,17H,8H2,(H2,16,19). The van der Waals surface area contributed by atoms with Gasteiger partial charge in [0.1, 0.15) is 5.57 Å². The molecule has 0 bridgehead atoms. The lowest BCUT2D eigenvalue weighted by Gasteiger charge is -2.08. The second-order valence-corrected chi connectivity index (χ2v) is 5.45. The smallest absolute Gasteiger partial charge is 0.255 e. The number of Topliss-reactive ketones (excluding diaryl/α,β-unsaturated/α-hetero) is 1. The molecule has 0 saturated heterocycles. The van der Waals surface area contributed by atoms with Crippen LogP contribution in [-0.4, -0.2) is 17.4 Å². The first-order valence-electron chi connectivity index (χ1n) is 6.11. The fourth-order valence-electron chi connectivity index (χ4n) is 2.15. The van der Waals surface area contributed by atoms with E-state index in [0.29, 0.717) is 5.03 Å². The van der Waals surface area contributed by atoms with Gasteiger partial charge in [0.25, 0.3) is 5.91 Å². The van der Waals surface area contributed by atoms with Crippen LogP contribution in [0.2, 0.25) is 0 Å². The molecule has 3 rings (SSSR count). The van der Waals surface area contributed by atoms with E-state index < -0.39 is 5.91 Å². The molecule has 5 heteroatoms. The lowest BCUT2D eigenvalue weighted by Crippen LogP contribution is -2.21. The summed E-state index contributed by atoms with van der Waals surface area (Å²) in [7, 11) is 0. The van der Waals surface area contributed by atoms with Gasteiger partial charge in [0.2, 0.25) is 0 Å². The quantitative estimate of drug-likeness (QED) is 0.848. The fraction of sp³-hybridized carbons (Fsp3) is 0.0667. The summed E-state index contributed by atoms with van der Waals surface area (Å²) in [5.41, 5.74) is 6.16. The summed E-state index contributed by atoms with van der Waals surface area (Å²) in [6, 6.07) is 13.9. The number of carbonyl (C=O) groups excluding carboxylic acids is 2. The van der Waals surface area contributed by atoms with Crippen molar-refractivity contribution in [1.29, 1.82) is 0 Å². The van der Waals surface area contributed by atoms with Gasteiger partial charge in [-0.1, -0.05) is 42.1 Å². The van der Waals surface area contributed by atoms with Crippen LogP contribution < -0.4 is 11.1 Å². The van der Waals surface area contributed by atoms with E-state index in [4.69, 9.17) is 5.73 Å². The highest BCUT2D eigenvalue weighted by Crippen LogP contribution is 2.30. The second-order valence-electron chi connectivity index (χ2n) is 4.47. The van der Waals surface area contributed by atoms with E-state index in [9.17, 15) is 9.59 Å². The molecule has 1 aliphatic rings. The van der Waals surface area contributed by atoms with E-state index >= 15 is 0 Å². The number of benzene rings is 2. The largest absolute Gasteiger partial charge is 0.365 e. The molecule has 4 nitrogen and oxygen atoms in total. The highest BCUT2D eigenvalue weighted by molar-refractivity contribution is 8.04. The zero-order chi connectivity index (χ0) is 14.1. The Kier molecular flexibility index (Phi) is 3.20. The Morgan fingerprint density at radius 1 is 1.15 bits per heavy atom. The van der Waals surface area contributed by atoms with Gasteiger partial charge in [-0.25, -0.2) is 0 Å². The lowest BCUT2D eigenvalue weighted by atomic mass is 10.1. The molecule has 1 aliphatic heterocycles. The maximum absolute atomic E-state index is 11.6. The topological polar surface area (TPSA) is 72.2 Å². The molecule has 3 N–H and O–H groups in total. The molecule has 2 aromatic carbocycles. The number of rotatable bonds is 3. The maximum atomic E-state index is 11.6. The summed E-state index contributed by atoms with van der Waals surface area (Å²) >= 11 is 1.31. The molecule has 0 radical (unpaired) electrons. The Labute approximate surface area is 120 Å². The molecule has 1 heterocycles. The van der Waals surface area contributed by atoms with E-state index in [1.165, 1.54) is 11.8 Å².